The van der Waals surface area contributed by atoms with Crippen LogP contribution in [0, 0.1) is 0 Å². The summed E-state index contributed by atoms with van der Waals surface area (Å²) in [6.07, 6.45) is 3.47. The van der Waals surface area contributed by atoms with Crippen LogP contribution in [0.15, 0.2) is 24.4 Å². The quantitative estimate of drug-likeness (QED) is 0.709. The van der Waals surface area contributed by atoms with Gasteiger partial charge < -0.3 is 16.0 Å². The number of hydrogen-bond acceptors (Lipinski definition) is 3. The van der Waals surface area contributed by atoms with E-state index in [1.54, 1.807) is 0 Å². The number of carbonyl (C=O) groups is 2. The largest absolute Gasteiger partial charge is 0.361 e. The van der Waals surface area contributed by atoms with Gasteiger partial charge in [0.25, 0.3) is 0 Å². The predicted molar refractivity (Wildman–Crippen MR) is 79.9 cm³/mol. The molecular weight excluding hydrogens is 268 g/mol. The molecule has 4 N–H and O–H groups in total. The summed E-state index contributed by atoms with van der Waals surface area (Å²) in [5.41, 5.74) is 9.00. The molecule has 0 bridgehead atoms. The van der Waals surface area contributed by atoms with Crippen LogP contribution in [0.25, 0.3) is 10.9 Å². The molecule has 0 unspecified atom stereocenters. The summed E-state index contributed by atoms with van der Waals surface area (Å²) in [7, 11) is 0. The molecule has 0 spiro atoms. The molecule has 0 saturated carbocycles. The van der Waals surface area contributed by atoms with Gasteiger partial charge in [-0.3, -0.25) is 9.69 Å². The summed E-state index contributed by atoms with van der Waals surface area (Å²) in [6.45, 7) is 1.13. The minimum atomic E-state index is -0.299. The van der Waals surface area contributed by atoms with Gasteiger partial charge in [0, 0.05) is 23.6 Å². The van der Waals surface area contributed by atoms with Gasteiger partial charge in [0.05, 0.1) is 6.54 Å². The standard InChI is InChI=1S/C15H18N4O2/c16-5-3-11-8-17-13-2-1-10(7-12(11)13)4-6-19-14(20)9-18-15(19)21/h1-2,7-8,17H,3-6,9,16H2,(H,18,21). The first-order chi connectivity index (χ1) is 10.2. The van der Waals surface area contributed by atoms with Crippen LogP contribution in [0.5, 0.6) is 0 Å². The van der Waals surface area contributed by atoms with E-state index < -0.39 is 0 Å². The third-order valence-electron chi connectivity index (χ3n) is 3.81. The lowest BCUT2D eigenvalue weighted by molar-refractivity contribution is -0.124. The van der Waals surface area contributed by atoms with Gasteiger partial charge in [-0.05, 0) is 42.6 Å². The summed E-state index contributed by atoms with van der Waals surface area (Å²) < 4.78 is 0. The Kier molecular flexibility index (Phi) is 3.62. The highest BCUT2D eigenvalue weighted by atomic mass is 16.2. The lowest BCUT2D eigenvalue weighted by Crippen LogP contribution is -2.32. The van der Waals surface area contributed by atoms with Crippen LogP contribution in [0.3, 0.4) is 0 Å². The van der Waals surface area contributed by atoms with Crippen LogP contribution in [-0.4, -0.2) is 41.5 Å². The van der Waals surface area contributed by atoms with Crippen molar-refractivity contribution in [3.8, 4) is 0 Å². The summed E-state index contributed by atoms with van der Waals surface area (Å²) in [4.78, 5) is 27.5. The van der Waals surface area contributed by atoms with Gasteiger partial charge in [0.2, 0.25) is 5.91 Å². The van der Waals surface area contributed by atoms with E-state index in [-0.39, 0.29) is 18.5 Å². The van der Waals surface area contributed by atoms with Crippen molar-refractivity contribution >= 4 is 22.8 Å². The third-order valence-corrected chi connectivity index (χ3v) is 3.81. The van der Waals surface area contributed by atoms with Crippen LogP contribution in [0.2, 0.25) is 0 Å². The maximum Gasteiger partial charge on any atom is 0.324 e. The van der Waals surface area contributed by atoms with Crippen molar-refractivity contribution in [3.05, 3.63) is 35.5 Å². The van der Waals surface area contributed by atoms with E-state index in [1.165, 1.54) is 10.5 Å². The number of fused-ring (bicyclic) bond motifs is 1. The highest BCUT2D eigenvalue weighted by Gasteiger charge is 2.27. The summed E-state index contributed by atoms with van der Waals surface area (Å²) in [6, 6.07) is 5.85. The van der Waals surface area contributed by atoms with E-state index in [0.29, 0.717) is 19.5 Å². The third kappa shape index (κ3) is 2.62. The molecule has 2 aromatic rings. The number of H-pyrrole nitrogens is 1. The molecule has 1 aliphatic rings. The van der Waals surface area contributed by atoms with E-state index in [9.17, 15) is 9.59 Å². The van der Waals surface area contributed by atoms with Gasteiger partial charge in [-0.2, -0.15) is 0 Å². The molecular formula is C15H18N4O2. The number of rotatable bonds is 5. The van der Waals surface area contributed by atoms with Gasteiger partial charge in [0.1, 0.15) is 0 Å². The summed E-state index contributed by atoms with van der Waals surface area (Å²) >= 11 is 0. The molecule has 1 saturated heterocycles. The first-order valence-corrected chi connectivity index (χ1v) is 7.06. The number of nitrogens with two attached hydrogens (primary N) is 1. The molecule has 1 fully saturated rings. The van der Waals surface area contributed by atoms with Crippen molar-refractivity contribution in [1.29, 1.82) is 0 Å². The van der Waals surface area contributed by atoms with Crippen molar-refractivity contribution in [2.45, 2.75) is 12.8 Å². The Morgan fingerprint density at radius 2 is 2.10 bits per heavy atom. The summed E-state index contributed by atoms with van der Waals surface area (Å²) in [5, 5.41) is 3.69. The molecule has 1 aromatic carbocycles. The second-order valence-electron chi connectivity index (χ2n) is 5.19. The Hall–Kier alpha value is -2.34. The molecule has 1 aliphatic heterocycles. The van der Waals surface area contributed by atoms with Crippen LogP contribution >= 0.6 is 0 Å². The number of hydrogen-bond donors (Lipinski definition) is 3. The Morgan fingerprint density at radius 1 is 1.24 bits per heavy atom. The van der Waals surface area contributed by atoms with Gasteiger partial charge in [-0.25, -0.2) is 4.79 Å². The average Bonchev–Trinajstić information content (AvgIpc) is 3.02. The maximum atomic E-state index is 11.5. The number of carbonyl (C=O) groups excluding carboxylic acids is 2. The highest BCUT2D eigenvalue weighted by molar-refractivity contribution is 6.01. The van der Waals surface area contributed by atoms with Gasteiger partial charge in [-0.15, -0.1) is 0 Å². The van der Waals surface area contributed by atoms with Crippen molar-refractivity contribution in [2.24, 2.45) is 5.73 Å². The van der Waals surface area contributed by atoms with Crippen molar-refractivity contribution < 1.29 is 9.59 Å². The maximum absolute atomic E-state index is 11.5. The zero-order chi connectivity index (χ0) is 14.8. The van der Waals surface area contributed by atoms with E-state index in [4.69, 9.17) is 5.73 Å². The van der Waals surface area contributed by atoms with Crippen LogP contribution in [0.4, 0.5) is 4.79 Å². The smallest absolute Gasteiger partial charge is 0.324 e. The molecule has 21 heavy (non-hydrogen) atoms. The number of urea groups is 1. The molecule has 6 nitrogen and oxygen atoms in total. The topological polar surface area (TPSA) is 91.2 Å². The van der Waals surface area contributed by atoms with Crippen molar-refractivity contribution in [3.63, 3.8) is 0 Å². The Morgan fingerprint density at radius 3 is 2.81 bits per heavy atom. The van der Waals surface area contributed by atoms with E-state index >= 15 is 0 Å². The van der Waals surface area contributed by atoms with E-state index in [0.717, 1.165) is 22.9 Å². The summed E-state index contributed by atoms with van der Waals surface area (Å²) in [5.74, 6) is -0.161. The normalized spacial score (nSPS) is 15.0. The fraction of sp³-hybridized carbons (Fsp3) is 0.333. The van der Waals surface area contributed by atoms with E-state index in [1.807, 2.05) is 18.3 Å². The molecule has 110 valence electrons. The molecule has 0 atom stereocenters. The molecule has 0 aliphatic carbocycles. The lowest BCUT2D eigenvalue weighted by atomic mass is 10.1. The fourth-order valence-electron chi connectivity index (χ4n) is 2.67. The number of aromatic amines is 1. The number of nitrogens with zero attached hydrogens (tertiary/aromatic N) is 1. The number of benzene rings is 1. The monoisotopic (exact) mass is 286 g/mol. The van der Waals surface area contributed by atoms with Gasteiger partial charge in [0.15, 0.2) is 0 Å². The number of aromatic nitrogens is 1. The van der Waals surface area contributed by atoms with Crippen molar-refractivity contribution in [2.75, 3.05) is 19.6 Å². The van der Waals surface area contributed by atoms with E-state index in [2.05, 4.69) is 16.4 Å². The minimum absolute atomic E-state index is 0.107. The Bertz CT molecular complexity index is 676. The van der Waals surface area contributed by atoms with Crippen LogP contribution in [-0.2, 0) is 17.6 Å². The van der Waals surface area contributed by atoms with Gasteiger partial charge in [-0.1, -0.05) is 6.07 Å². The minimum Gasteiger partial charge on any atom is -0.361 e. The number of nitrogens with one attached hydrogen (secondary N) is 2. The van der Waals surface area contributed by atoms with Gasteiger partial charge >= 0.3 is 6.03 Å². The van der Waals surface area contributed by atoms with Crippen molar-refractivity contribution in [1.82, 2.24) is 15.2 Å². The average molecular weight is 286 g/mol. The molecule has 3 rings (SSSR count). The molecule has 3 amide bonds. The highest BCUT2D eigenvalue weighted by Crippen LogP contribution is 2.20. The second kappa shape index (κ2) is 5.57. The van der Waals surface area contributed by atoms with Crippen LogP contribution in [0.1, 0.15) is 11.1 Å². The number of amides is 3. The fourth-order valence-corrected chi connectivity index (χ4v) is 2.67. The first-order valence-electron chi connectivity index (χ1n) is 7.06. The van der Waals surface area contributed by atoms with Crippen LogP contribution < -0.4 is 11.1 Å². The zero-order valence-electron chi connectivity index (χ0n) is 11.7. The number of imide groups is 1. The lowest BCUT2D eigenvalue weighted by Gasteiger charge is -2.12. The Labute approximate surface area is 122 Å². The molecule has 1 aromatic heterocycles. The predicted octanol–water partition coefficient (Wildman–Crippen LogP) is 0.763. The molecule has 2 heterocycles. The molecule has 0 radical (unpaired) electrons. The zero-order valence-corrected chi connectivity index (χ0v) is 11.7. The first kappa shape index (κ1) is 13.6. The SMILES string of the molecule is NCCc1c[nH]c2ccc(CCN3C(=O)CNC3=O)cc12. The second-order valence-corrected chi connectivity index (χ2v) is 5.19. The molecule has 6 heteroatoms. The Balaban J connectivity index is 1.76.